The number of likely N-dealkylation sites (N-methyl/N-ethyl adjacent to an activating group) is 1. The monoisotopic (exact) mass is 529 g/mol. The van der Waals surface area contributed by atoms with Gasteiger partial charge in [0.15, 0.2) is 0 Å². The number of sulfonamides is 1. The first-order valence-electron chi connectivity index (χ1n) is 11.2. The van der Waals surface area contributed by atoms with Crippen LogP contribution in [0.15, 0.2) is 78.9 Å². The fraction of sp³-hybridized carbons (Fsp3) is 0.231. The first-order valence-corrected chi connectivity index (χ1v) is 13.4. The number of ether oxygens (including phenoxy) is 1. The van der Waals surface area contributed by atoms with Crippen molar-refractivity contribution in [2.45, 2.75) is 19.5 Å². The molecular weight excluding hydrogens is 502 g/mol. The van der Waals surface area contributed by atoms with E-state index in [9.17, 15) is 18.0 Å². The molecule has 0 radical (unpaired) electrons. The summed E-state index contributed by atoms with van der Waals surface area (Å²) in [4.78, 5) is 27.1. The van der Waals surface area contributed by atoms with Crippen LogP contribution in [0.1, 0.15) is 12.5 Å². The van der Waals surface area contributed by atoms with Gasteiger partial charge in [-0.25, -0.2) is 8.42 Å². The van der Waals surface area contributed by atoms with E-state index < -0.39 is 28.5 Å². The second-order valence-electron chi connectivity index (χ2n) is 8.08. The molecule has 0 aliphatic rings. The number of para-hydroxylation sites is 1. The van der Waals surface area contributed by atoms with Gasteiger partial charge in [-0.05, 0) is 55.0 Å². The first-order chi connectivity index (χ1) is 17.1. The van der Waals surface area contributed by atoms with Gasteiger partial charge in [0.25, 0.3) is 0 Å². The summed E-state index contributed by atoms with van der Waals surface area (Å²) < 4.78 is 32.1. The van der Waals surface area contributed by atoms with E-state index in [0.29, 0.717) is 22.1 Å². The van der Waals surface area contributed by atoms with E-state index in [-0.39, 0.29) is 18.1 Å². The second-order valence-corrected chi connectivity index (χ2v) is 10.4. The Kier molecular flexibility index (Phi) is 8.95. The van der Waals surface area contributed by atoms with Gasteiger partial charge in [-0.3, -0.25) is 13.9 Å². The number of amides is 2. The van der Waals surface area contributed by atoms with E-state index in [0.717, 1.165) is 10.6 Å². The van der Waals surface area contributed by atoms with Crippen LogP contribution in [0.2, 0.25) is 5.02 Å². The molecule has 36 heavy (non-hydrogen) atoms. The van der Waals surface area contributed by atoms with Crippen molar-refractivity contribution in [2.24, 2.45) is 0 Å². The van der Waals surface area contributed by atoms with Crippen LogP contribution in [0, 0.1) is 0 Å². The van der Waals surface area contributed by atoms with Crippen LogP contribution >= 0.6 is 11.6 Å². The second kappa shape index (κ2) is 11.9. The number of carbonyl (C=O) groups excluding carboxylic acids is 2. The summed E-state index contributed by atoms with van der Waals surface area (Å²) in [6, 6.07) is 21.6. The molecule has 0 aliphatic carbocycles. The molecule has 0 aliphatic heterocycles. The molecule has 8 nitrogen and oxygen atoms in total. The predicted molar refractivity (Wildman–Crippen MR) is 141 cm³/mol. The van der Waals surface area contributed by atoms with Gasteiger partial charge >= 0.3 is 0 Å². The molecule has 0 fully saturated rings. The van der Waals surface area contributed by atoms with Crippen molar-refractivity contribution in [3.05, 3.63) is 89.4 Å². The van der Waals surface area contributed by atoms with E-state index >= 15 is 0 Å². The molecular formula is C26H28ClN3O5S. The molecule has 0 bridgehead atoms. The number of halogens is 1. The number of hydrogen-bond acceptors (Lipinski definition) is 5. The molecule has 0 spiro atoms. The van der Waals surface area contributed by atoms with Crippen LogP contribution in [0.3, 0.4) is 0 Å². The molecule has 190 valence electrons. The van der Waals surface area contributed by atoms with Gasteiger partial charge in [0.05, 0.1) is 11.9 Å². The largest absolute Gasteiger partial charge is 0.457 e. The van der Waals surface area contributed by atoms with Gasteiger partial charge in [0.1, 0.15) is 24.1 Å². The topological polar surface area (TPSA) is 96.0 Å². The van der Waals surface area contributed by atoms with Crippen LogP contribution in [-0.2, 0) is 26.2 Å². The van der Waals surface area contributed by atoms with E-state index in [1.807, 2.05) is 18.2 Å². The average Bonchev–Trinajstić information content (AvgIpc) is 2.86. The molecule has 0 heterocycles. The first kappa shape index (κ1) is 27.0. The normalized spacial score (nSPS) is 11.9. The number of rotatable bonds is 10. The Morgan fingerprint density at radius 2 is 1.53 bits per heavy atom. The molecule has 0 unspecified atom stereocenters. The zero-order valence-electron chi connectivity index (χ0n) is 20.2. The highest BCUT2D eigenvalue weighted by Crippen LogP contribution is 2.26. The highest BCUT2D eigenvalue weighted by atomic mass is 35.5. The Morgan fingerprint density at radius 3 is 2.11 bits per heavy atom. The van der Waals surface area contributed by atoms with Crippen LogP contribution < -0.4 is 14.4 Å². The molecule has 0 saturated carbocycles. The average molecular weight is 530 g/mol. The van der Waals surface area contributed by atoms with Crippen molar-refractivity contribution in [3.63, 3.8) is 0 Å². The maximum Gasteiger partial charge on any atom is 0.244 e. The van der Waals surface area contributed by atoms with E-state index in [4.69, 9.17) is 16.3 Å². The molecule has 3 rings (SSSR count). The van der Waals surface area contributed by atoms with Gasteiger partial charge < -0.3 is 15.0 Å². The number of nitrogens with one attached hydrogen (secondary N) is 1. The molecule has 3 aromatic carbocycles. The minimum absolute atomic E-state index is 0.0363. The molecule has 1 N–H and O–H groups in total. The zero-order chi connectivity index (χ0) is 26.3. The summed E-state index contributed by atoms with van der Waals surface area (Å²) in [6.07, 6.45) is 1.02. The standard InChI is InChI=1S/C26H28ClN3O5S/c1-19(26(32)28-2)29(17-20-9-7-8-12-24(20)27)25(31)18-30(36(3,33)34)21-13-15-23(16-14-21)35-22-10-5-4-6-11-22/h4-16,19H,17-18H2,1-3H3,(H,28,32)/t19-/m0/s1. The lowest BCUT2D eigenvalue weighted by atomic mass is 10.1. The zero-order valence-corrected chi connectivity index (χ0v) is 21.8. The quantitative estimate of drug-likeness (QED) is 0.427. The minimum atomic E-state index is -3.83. The molecule has 1 atom stereocenters. The summed E-state index contributed by atoms with van der Waals surface area (Å²) >= 11 is 6.28. The fourth-order valence-corrected chi connectivity index (χ4v) is 4.57. The van der Waals surface area contributed by atoms with Crippen molar-refractivity contribution in [1.29, 1.82) is 0 Å². The Labute approximate surface area is 216 Å². The van der Waals surface area contributed by atoms with E-state index in [2.05, 4.69) is 5.32 Å². The summed E-state index contributed by atoms with van der Waals surface area (Å²) in [6.45, 7) is 1.12. The lowest BCUT2D eigenvalue weighted by Crippen LogP contribution is -2.50. The van der Waals surface area contributed by atoms with Gasteiger partial charge in [-0.15, -0.1) is 0 Å². The minimum Gasteiger partial charge on any atom is -0.457 e. The summed E-state index contributed by atoms with van der Waals surface area (Å²) in [5.41, 5.74) is 0.924. The van der Waals surface area contributed by atoms with Crippen molar-refractivity contribution in [1.82, 2.24) is 10.2 Å². The lowest BCUT2D eigenvalue weighted by Gasteiger charge is -2.31. The Bertz CT molecular complexity index is 1300. The van der Waals surface area contributed by atoms with Gasteiger partial charge in [-0.1, -0.05) is 48.0 Å². The molecule has 3 aromatic rings. The molecule has 2 amide bonds. The third-order valence-corrected chi connectivity index (χ3v) is 7.00. The van der Waals surface area contributed by atoms with Crippen LogP contribution in [-0.4, -0.2) is 51.0 Å². The molecule has 0 aromatic heterocycles. The van der Waals surface area contributed by atoms with Crippen molar-refractivity contribution >= 4 is 39.1 Å². The van der Waals surface area contributed by atoms with E-state index in [1.54, 1.807) is 67.6 Å². The Balaban J connectivity index is 1.86. The Hall–Kier alpha value is -3.56. The lowest BCUT2D eigenvalue weighted by molar-refractivity contribution is -0.139. The molecule has 0 saturated heterocycles. The number of hydrogen-bond donors (Lipinski definition) is 1. The summed E-state index contributed by atoms with van der Waals surface area (Å²) in [5, 5.41) is 2.97. The summed E-state index contributed by atoms with van der Waals surface area (Å²) in [7, 11) is -2.36. The number of benzene rings is 3. The number of carbonyl (C=O) groups is 2. The highest BCUT2D eigenvalue weighted by molar-refractivity contribution is 7.92. The Morgan fingerprint density at radius 1 is 0.944 bits per heavy atom. The van der Waals surface area contributed by atoms with Crippen molar-refractivity contribution in [3.8, 4) is 11.5 Å². The third-order valence-electron chi connectivity index (χ3n) is 5.50. The summed E-state index contributed by atoms with van der Waals surface area (Å²) in [5.74, 6) is 0.210. The van der Waals surface area contributed by atoms with Crippen molar-refractivity contribution in [2.75, 3.05) is 24.2 Å². The number of anilines is 1. The van der Waals surface area contributed by atoms with Crippen LogP contribution in [0.4, 0.5) is 5.69 Å². The molecule has 10 heteroatoms. The fourth-order valence-electron chi connectivity index (χ4n) is 3.52. The van der Waals surface area contributed by atoms with Gasteiger partial charge in [-0.2, -0.15) is 0 Å². The van der Waals surface area contributed by atoms with Crippen LogP contribution in [0.25, 0.3) is 0 Å². The highest BCUT2D eigenvalue weighted by Gasteiger charge is 2.30. The smallest absolute Gasteiger partial charge is 0.244 e. The van der Waals surface area contributed by atoms with Crippen LogP contribution in [0.5, 0.6) is 11.5 Å². The maximum absolute atomic E-state index is 13.4. The van der Waals surface area contributed by atoms with Gasteiger partial charge in [0, 0.05) is 18.6 Å². The van der Waals surface area contributed by atoms with Crippen molar-refractivity contribution < 1.29 is 22.7 Å². The van der Waals surface area contributed by atoms with E-state index in [1.165, 1.54) is 11.9 Å². The SMILES string of the molecule is CNC(=O)[C@H](C)N(Cc1ccccc1Cl)C(=O)CN(c1ccc(Oc2ccccc2)cc1)S(C)(=O)=O. The third kappa shape index (κ3) is 6.99. The number of nitrogens with zero attached hydrogens (tertiary/aromatic N) is 2. The maximum atomic E-state index is 13.4. The van der Waals surface area contributed by atoms with Gasteiger partial charge in [0.2, 0.25) is 21.8 Å². The predicted octanol–water partition coefficient (Wildman–Crippen LogP) is 4.06.